The number of phenolic OH excluding ortho intramolecular Hbond substituents is 1. The summed E-state index contributed by atoms with van der Waals surface area (Å²) < 4.78 is 11.5. The molecule has 202 valence electrons. The van der Waals surface area contributed by atoms with Gasteiger partial charge < -0.3 is 29.8 Å². The van der Waals surface area contributed by atoms with Crippen molar-refractivity contribution in [3.63, 3.8) is 0 Å². The molecule has 38 heavy (non-hydrogen) atoms. The second-order valence-electron chi connectivity index (χ2n) is 10.2. The average Bonchev–Trinajstić information content (AvgIpc) is 3.76. The lowest BCUT2D eigenvalue weighted by atomic mass is 9.88. The normalized spacial score (nSPS) is 19.7. The second-order valence-corrected chi connectivity index (χ2v) is 10.2. The maximum Gasteiger partial charge on any atom is 0.262 e. The van der Waals surface area contributed by atoms with Gasteiger partial charge in [0.05, 0.1) is 31.1 Å². The minimum absolute atomic E-state index is 0. The van der Waals surface area contributed by atoms with Gasteiger partial charge in [0.2, 0.25) is 0 Å². The largest absolute Gasteiger partial charge is 0.507 e. The number of aromatic hydroxyl groups is 1. The van der Waals surface area contributed by atoms with Crippen molar-refractivity contribution in [3.8, 4) is 22.8 Å². The molecular weight excluding hydrogens is 508 g/mol. The van der Waals surface area contributed by atoms with Crippen LogP contribution in [0, 0.1) is 5.92 Å². The third kappa shape index (κ3) is 5.36. The first-order valence-corrected chi connectivity index (χ1v) is 13.2. The Kier molecular flexibility index (Phi) is 7.88. The molecule has 3 aromatic rings. The number of carbonyl (C=O) groups is 1. The van der Waals surface area contributed by atoms with Crippen LogP contribution in [0.4, 0.5) is 0 Å². The van der Waals surface area contributed by atoms with Gasteiger partial charge in [0.25, 0.3) is 11.5 Å². The summed E-state index contributed by atoms with van der Waals surface area (Å²) in [7, 11) is 0. The SMILES string of the molecule is Cl.O=C(c1cc2c(C3CCCNC3)cc(-c3c(O)cccc3OCC3CC3)nc2[nH]c1=O)N1CCOCC1. The number of nitrogens with one attached hydrogen (secondary N) is 2. The summed E-state index contributed by atoms with van der Waals surface area (Å²) in [6.45, 7) is 4.21. The molecule has 4 heterocycles. The summed E-state index contributed by atoms with van der Waals surface area (Å²) in [5, 5.41) is 15.1. The van der Waals surface area contributed by atoms with E-state index in [-0.39, 0.29) is 35.5 Å². The molecule has 1 saturated carbocycles. The van der Waals surface area contributed by atoms with Crippen LogP contribution in [0.2, 0.25) is 0 Å². The first-order chi connectivity index (χ1) is 18.1. The van der Waals surface area contributed by atoms with Crippen LogP contribution in [0.1, 0.15) is 47.5 Å². The first kappa shape index (κ1) is 26.5. The number of morpholine rings is 1. The molecule has 1 aliphatic carbocycles. The number of carbonyl (C=O) groups excluding carboxylic acids is 1. The van der Waals surface area contributed by atoms with Gasteiger partial charge in [0.1, 0.15) is 22.7 Å². The summed E-state index contributed by atoms with van der Waals surface area (Å²) >= 11 is 0. The molecule has 1 unspecified atom stereocenters. The van der Waals surface area contributed by atoms with Crippen LogP contribution >= 0.6 is 12.4 Å². The van der Waals surface area contributed by atoms with Gasteiger partial charge in [-0.15, -0.1) is 12.4 Å². The molecule has 3 fully saturated rings. The van der Waals surface area contributed by atoms with Crippen LogP contribution in [0.25, 0.3) is 22.3 Å². The molecule has 0 bridgehead atoms. The number of nitrogens with zero attached hydrogens (tertiary/aromatic N) is 2. The van der Waals surface area contributed by atoms with Crippen molar-refractivity contribution in [3.05, 3.63) is 51.8 Å². The van der Waals surface area contributed by atoms with E-state index in [4.69, 9.17) is 14.5 Å². The summed E-state index contributed by atoms with van der Waals surface area (Å²) in [6, 6.07) is 8.92. The zero-order valence-corrected chi connectivity index (χ0v) is 22.0. The molecule has 9 nitrogen and oxygen atoms in total. The van der Waals surface area contributed by atoms with Crippen LogP contribution < -0.4 is 15.6 Å². The number of aromatic amines is 1. The molecule has 2 aliphatic heterocycles. The second kappa shape index (κ2) is 11.3. The molecule has 1 aromatic carbocycles. The van der Waals surface area contributed by atoms with E-state index in [1.165, 1.54) is 0 Å². The van der Waals surface area contributed by atoms with E-state index < -0.39 is 5.56 Å². The molecular formula is C28H33ClN4O5. The van der Waals surface area contributed by atoms with E-state index in [9.17, 15) is 14.7 Å². The number of rotatable bonds is 6. The van der Waals surface area contributed by atoms with E-state index in [0.29, 0.717) is 61.5 Å². The molecule has 6 rings (SSSR count). The van der Waals surface area contributed by atoms with Crippen molar-refractivity contribution in [1.29, 1.82) is 0 Å². The van der Waals surface area contributed by atoms with Gasteiger partial charge in [0, 0.05) is 25.0 Å². The summed E-state index contributed by atoms with van der Waals surface area (Å²) in [5.41, 5.74) is 2.10. The summed E-state index contributed by atoms with van der Waals surface area (Å²) in [6.07, 6.45) is 4.32. The van der Waals surface area contributed by atoms with Crippen molar-refractivity contribution in [2.24, 2.45) is 5.92 Å². The van der Waals surface area contributed by atoms with Crippen molar-refractivity contribution in [1.82, 2.24) is 20.2 Å². The standard InChI is InChI=1S/C28H32N4O5.ClH/c33-23-4-1-5-24(37-16-17-6-7-17)25(23)22-14-19(18-3-2-8-29-15-18)20-13-21(27(34)31-26(20)30-22)28(35)32-9-11-36-12-10-32;/h1,4-5,13-14,17-18,29,33H,2-3,6-12,15-16H2,(H,30,31,34);1H. The molecule has 0 radical (unpaired) electrons. The van der Waals surface area contributed by atoms with Crippen LogP contribution in [0.5, 0.6) is 11.5 Å². The van der Waals surface area contributed by atoms with Crippen LogP contribution in [-0.4, -0.2) is 71.9 Å². The van der Waals surface area contributed by atoms with Gasteiger partial charge in [-0.1, -0.05) is 6.07 Å². The number of H-pyrrole nitrogens is 1. The summed E-state index contributed by atoms with van der Waals surface area (Å²) in [5.74, 6) is 1.10. The Morgan fingerprint density at radius 3 is 2.74 bits per heavy atom. The fourth-order valence-electron chi connectivity index (χ4n) is 5.27. The van der Waals surface area contributed by atoms with E-state index >= 15 is 0 Å². The van der Waals surface area contributed by atoms with Gasteiger partial charge in [-0.05, 0) is 73.9 Å². The van der Waals surface area contributed by atoms with Gasteiger partial charge in [-0.3, -0.25) is 9.59 Å². The molecule has 2 saturated heterocycles. The molecule has 10 heteroatoms. The Balaban J connectivity index is 0.00000294. The highest BCUT2D eigenvalue weighted by Crippen LogP contribution is 2.41. The van der Waals surface area contributed by atoms with E-state index in [1.54, 1.807) is 23.1 Å². The number of halogens is 1. The Bertz CT molecular complexity index is 1380. The number of hydrogen-bond donors (Lipinski definition) is 3. The van der Waals surface area contributed by atoms with Crippen LogP contribution in [0.3, 0.4) is 0 Å². The van der Waals surface area contributed by atoms with Crippen molar-refractivity contribution in [2.45, 2.75) is 31.6 Å². The first-order valence-electron chi connectivity index (χ1n) is 13.2. The molecule has 3 aliphatic rings. The van der Waals surface area contributed by atoms with E-state index in [2.05, 4.69) is 10.3 Å². The number of aromatic nitrogens is 2. The number of ether oxygens (including phenoxy) is 2. The zero-order valence-electron chi connectivity index (χ0n) is 21.2. The lowest BCUT2D eigenvalue weighted by molar-refractivity contribution is 0.0302. The molecule has 2 aromatic heterocycles. The number of fused-ring (bicyclic) bond motifs is 1. The van der Waals surface area contributed by atoms with Crippen molar-refractivity contribution >= 4 is 29.3 Å². The summed E-state index contributed by atoms with van der Waals surface area (Å²) in [4.78, 5) is 35.7. The smallest absolute Gasteiger partial charge is 0.262 e. The van der Waals surface area contributed by atoms with Gasteiger partial charge in [-0.25, -0.2) is 4.98 Å². The van der Waals surface area contributed by atoms with Crippen molar-refractivity contribution < 1.29 is 19.4 Å². The Hall–Kier alpha value is -3.14. The topological polar surface area (TPSA) is 117 Å². The van der Waals surface area contributed by atoms with E-state index in [1.807, 2.05) is 12.1 Å². The van der Waals surface area contributed by atoms with Gasteiger partial charge >= 0.3 is 0 Å². The maximum atomic E-state index is 13.2. The molecule has 3 N–H and O–H groups in total. The lowest BCUT2D eigenvalue weighted by Crippen LogP contribution is -2.42. The number of benzene rings is 1. The lowest BCUT2D eigenvalue weighted by Gasteiger charge is -2.27. The fraction of sp³-hybridized carbons (Fsp3) is 0.464. The van der Waals surface area contributed by atoms with E-state index in [0.717, 1.165) is 49.7 Å². The zero-order chi connectivity index (χ0) is 25.4. The van der Waals surface area contributed by atoms with Crippen molar-refractivity contribution in [2.75, 3.05) is 46.0 Å². The Morgan fingerprint density at radius 1 is 1.18 bits per heavy atom. The fourth-order valence-corrected chi connectivity index (χ4v) is 5.27. The highest BCUT2D eigenvalue weighted by atomic mass is 35.5. The quantitative estimate of drug-likeness (QED) is 0.438. The highest BCUT2D eigenvalue weighted by molar-refractivity contribution is 5.98. The maximum absolute atomic E-state index is 13.2. The van der Waals surface area contributed by atoms with Gasteiger partial charge in [-0.2, -0.15) is 0 Å². The third-order valence-corrected chi connectivity index (χ3v) is 7.55. The highest BCUT2D eigenvalue weighted by Gasteiger charge is 2.27. The monoisotopic (exact) mass is 540 g/mol. The molecule has 1 atom stereocenters. The average molecular weight is 541 g/mol. The number of hydrogen-bond acceptors (Lipinski definition) is 7. The third-order valence-electron chi connectivity index (χ3n) is 7.55. The number of pyridine rings is 2. The van der Waals surface area contributed by atoms with Gasteiger partial charge in [0.15, 0.2) is 0 Å². The van der Waals surface area contributed by atoms with Crippen LogP contribution in [-0.2, 0) is 4.74 Å². The minimum atomic E-state index is -0.469. The Morgan fingerprint density at radius 2 is 2.00 bits per heavy atom. The predicted octanol–water partition coefficient (Wildman–Crippen LogP) is 3.45. The minimum Gasteiger partial charge on any atom is -0.507 e. The predicted molar refractivity (Wildman–Crippen MR) is 146 cm³/mol. The number of piperidine rings is 1. The Labute approximate surface area is 227 Å². The number of amides is 1. The molecule has 0 spiro atoms. The van der Waals surface area contributed by atoms with Crippen LogP contribution in [0.15, 0.2) is 35.1 Å². The number of phenols is 1. The molecule has 1 amide bonds.